The van der Waals surface area contributed by atoms with Crippen LogP contribution in [-0.2, 0) is 20.9 Å². The first kappa shape index (κ1) is 13.2. The van der Waals surface area contributed by atoms with Crippen molar-refractivity contribution in [2.45, 2.75) is 39.8 Å². The predicted molar refractivity (Wildman–Crippen MR) is 61.1 cm³/mol. The average Bonchev–Trinajstić information content (AvgIpc) is 2.54. The van der Waals surface area contributed by atoms with Crippen LogP contribution in [0, 0.1) is 13.8 Å². The number of nitrogens with two attached hydrogens (primary N) is 1. The molecule has 2 N–H and O–H groups in total. The summed E-state index contributed by atoms with van der Waals surface area (Å²) in [6.45, 7) is 5.68. The molecule has 6 heteroatoms. The lowest BCUT2D eigenvalue weighted by Gasteiger charge is -2.09. The summed E-state index contributed by atoms with van der Waals surface area (Å²) >= 11 is 0. The number of rotatable bonds is 5. The highest BCUT2D eigenvalue weighted by Crippen LogP contribution is 2.03. The molecule has 0 radical (unpaired) electrons. The Hall–Kier alpha value is -1.85. The number of aryl methyl sites for hydroxylation is 3. The van der Waals surface area contributed by atoms with E-state index in [2.05, 4.69) is 5.10 Å². The molecular formula is C11H17N3O3. The van der Waals surface area contributed by atoms with E-state index in [4.69, 9.17) is 10.5 Å². The maximum atomic E-state index is 11.4. The smallest absolute Gasteiger partial charge is 0.308 e. The Morgan fingerprint density at radius 2 is 2.18 bits per heavy atom. The van der Waals surface area contributed by atoms with Crippen LogP contribution in [0.25, 0.3) is 0 Å². The van der Waals surface area contributed by atoms with Crippen LogP contribution in [0.3, 0.4) is 0 Å². The van der Waals surface area contributed by atoms with Gasteiger partial charge in [-0.3, -0.25) is 14.3 Å². The van der Waals surface area contributed by atoms with Gasteiger partial charge >= 0.3 is 5.97 Å². The molecule has 1 aromatic heterocycles. The lowest BCUT2D eigenvalue weighted by atomic mass is 10.3. The molecule has 1 rings (SSSR count). The number of amides is 1. The molecule has 1 amide bonds. The molecule has 94 valence electrons. The van der Waals surface area contributed by atoms with Crippen LogP contribution in [0.1, 0.15) is 24.7 Å². The molecule has 0 aliphatic rings. The van der Waals surface area contributed by atoms with Crippen molar-refractivity contribution in [2.75, 3.05) is 0 Å². The Morgan fingerprint density at radius 3 is 2.65 bits per heavy atom. The van der Waals surface area contributed by atoms with Crippen molar-refractivity contribution in [3.63, 3.8) is 0 Å². The molecule has 0 aliphatic carbocycles. The number of hydrogen-bond acceptors (Lipinski definition) is 4. The fourth-order valence-electron chi connectivity index (χ4n) is 1.41. The van der Waals surface area contributed by atoms with Crippen LogP contribution in [0.2, 0.25) is 0 Å². The van der Waals surface area contributed by atoms with Gasteiger partial charge in [-0.05, 0) is 26.8 Å². The van der Waals surface area contributed by atoms with Crippen molar-refractivity contribution in [3.05, 3.63) is 17.5 Å². The van der Waals surface area contributed by atoms with Gasteiger partial charge < -0.3 is 10.5 Å². The van der Waals surface area contributed by atoms with Gasteiger partial charge in [0.1, 0.15) is 0 Å². The topological polar surface area (TPSA) is 87.2 Å². The monoisotopic (exact) mass is 239 g/mol. The first-order valence-electron chi connectivity index (χ1n) is 5.40. The van der Waals surface area contributed by atoms with Crippen molar-refractivity contribution in [2.24, 2.45) is 5.73 Å². The molecule has 0 saturated heterocycles. The minimum Gasteiger partial charge on any atom is -0.453 e. The van der Waals surface area contributed by atoms with Gasteiger partial charge in [0, 0.05) is 5.69 Å². The van der Waals surface area contributed by atoms with Crippen molar-refractivity contribution in [1.29, 1.82) is 0 Å². The lowest BCUT2D eigenvalue weighted by Crippen LogP contribution is -2.30. The summed E-state index contributed by atoms with van der Waals surface area (Å²) in [6.07, 6.45) is -0.720. The summed E-state index contributed by atoms with van der Waals surface area (Å²) in [4.78, 5) is 22.1. The van der Waals surface area contributed by atoms with Crippen LogP contribution < -0.4 is 5.73 Å². The molecule has 0 aromatic carbocycles. The largest absolute Gasteiger partial charge is 0.453 e. The number of ether oxygens (including phenoxy) is 1. The number of nitrogens with zero attached hydrogens (tertiary/aromatic N) is 2. The number of aromatic nitrogens is 2. The van der Waals surface area contributed by atoms with Crippen LogP contribution in [0.15, 0.2) is 6.07 Å². The van der Waals surface area contributed by atoms with Gasteiger partial charge in [0.05, 0.1) is 18.7 Å². The van der Waals surface area contributed by atoms with Crippen molar-refractivity contribution < 1.29 is 14.3 Å². The zero-order valence-electron chi connectivity index (χ0n) is 10.3. The van der Waals surface area contributed by atoms with Crippen LogP contribution in [0.4, 0.5) is 0 Å². The van der Waals surface area contributed by atoms with E-state index in [1.807, 2.05) is 19.9 Å². The first-order valence-corrected chi connectivity index (χ1v) is 5.40. The average molecular weight is 239 g/mol. The van der Waals surface area contributed by atoms with Crippen LogP contribution >= 0.6 is 0 Å². The third-order valence-corrected chi connectivity index (χ3v) is 2.34. The molecular weight excluding hydrogens is 222 g/mol. The molecule has 1 heterocycles. The fourth-order valence-corrected chi connectivity index (χ4v) is 1.41. The van der Waals surface area contributed by atoms with Crippen molar-refractivity contribution in [3.8, 4) is 0 Å². The zero-order valence-corrected chi connectivity index (χ0v) is 10.3. The van der Waals surface area contributed by atoms with Gasteiger partial charge in [-0.2, -0.15) is 5.10 Å². The molecule has 6 nitrogen and oxygen atoms in total. The third kappa shape index (κ3) is 3.90. The second-order valence-corrected chi connectivity index (χ2v) is 3.93. The van der Waals surface area contributed by atoms with Crippen molar-refractivity contribution >= 4 is 11.9 Å². The quantitative estimate of drug-likeness (QED) is 0.749. The molecule has 1 atom stereocenters. The summed E-state index contributed by atoms with van der Waals surface area (Å²) in [5, 5.41) is 4.21. The van der Waals surface area contributed by atoms with Crippen molar-refractivity contribution in [1.82, 2.24) is 9.78 Å². The highest BCUT2D eigenvalue weighted by molar-refractivity contribution is 5.81. The maximum absolute atomic E-state index is 11.4. The van der Waals surface area contributed by atoms with Gasteiger partial charge in [0.2, 0.25) is 0 Å². The number of esters is 1. The van der Waals surface area contributed by atoms with E-state index in [9.17, 15) is 9.59 Å². The summed E-state index contributed by atoms with van der Waals surface area (Å²) in [7, 11) is 0. The van der Waals surface area contributed by atoms with Gasteiger partial charge in [0.15, 0.2) is 6.10 Å². The highest BCUT2D eigenvalue weighted by atomic mass is 16.5. The molecule has 0 saturated carbocycles. The fraction of sp³-hybridized carbons (Fsp3) is 0.545. The predicted octanol–water partition coefficient (Wildman–Crippen LogP) is 0.307. The molecule has 17 heavy (non-hydrogen) atoms. The molecule has 0 aliphatic heterocycles. The number of primary amides is 1. The van der Waals surface area contributed by atoms with E-state index in [1.165, 1.54) is 6.92 Å². The van der Waals surface area contributed by atoms with Crippen LogP contribution in [-0.4, -0.2) is 27.8 Å². The Bertz CT molecular complexity index is 426. The van der Waals surface area contributed by atoms with E-state index in [0.717, 1.165) is 11.4 Å². The maximum Gasteiger partial charge on any atom is 0.308 e. The number of carbonyl (C=O) groups excluding carboxylic acids is 2. The zero-order chi connectivity index (χ0) is 13.0. The highest BCUT2D eigenvalue weighted by Gasteiger charge is 2.14. The Morgan fingerprint density at radius 1 is 1.53 bits per heavy atom. The summed E-state index contributed by atoms with van der Waals surface area (Å²) < 4.78 is 6.55. The van der Waals surface area contributed by atoms with Gasteiger partial charge in [-0.25, -0.2) is 0 Å². The van der Waals surface area contributed by atoms with Crippen LogP contribution in [0.5, 0.6) is 0 Å². The lowest BCUT2D eigenvalue weighted by molar-refractivity contribution is -0.154. The second kappa shape index (κ2) is 5.47. The second-order valence-electron chi connectivity index (χ2n) is 3.93. The van der Waals surface area contributed by atoms with E-state index >= 15 is 0 Å². The van der Waals surface area contributed by atoms with E-state index < -0.39 is 18.0 Å². The molecule has 0 bridgehead atoms. The molecule has 1 unspecified atom stereocenters. The molecule has 0 fully saturated rings. The Balaban J connectivity index is 2.43. The first-order chi connectivity index (χ1) is 7.90. The minimum atomic E-state index is -0.886. The normalized spacial score (nSPS) is 12.2. The number of hydrogen-bond donors (Lipinski definition) is 1. The minimum absolute atomic E-state index is 0.166. The molecule has 0 spiro atoms. The third-order valence-electron chi connectivity index (χ3n) is 2.34. The standard InChI is InChI=1S/C11H17N3O3/c1-7-6-8(2)14(13-7)5-4-10(15)17-9(3)11(12)16/h6,9H,4-5H2,1-3H3,(H2,12,16). The van der Waals surface area contributed by atoms with Gasteiger partial charge in [-0.1, -0.05) is 0 Å². The summed E-state index contributed by atoms with van der Waals surface area (Å²) in [5.74, 6) is -1.10. The Kier molecular flexibility index (Phi) is 4.25. The van der Waals surface area contributed by atoms with E-state index in [0.29, 0.717) is 6.54 Å². The van der Waals surface area contributed by atoms with Gasteiger partial charge in [-0.15, -0.1) is 0 Å². The number of carbonyl (C=O) groups is 2. The van der Waals surface area contributed by atoms with E-state index in [1.54, 1.807) is 4.68 Å². The summed E-state index contributed by atoms with van der Waals surface area (Å²) in [6, 6.07) is 1.93. The Labute approximate surface area is 99.7 Å². The van der Waals surface area contributed by atoms with Gasteiger partial charge in [0.25, 0.3) is 5.91 Å². The SMILES string of the molecule is Cc1cc(C)n(CCC(=O)OC(C)C(N)=O)n1. The molecule has 1 aromatic rings. The van der Waals surface area contributed by atoms with E-state index in [-0.39, 0.29) is 6.42 Å². The summed E-state index contributed by atoms with van der Waals surface area (Å²) in [5.41, 5.74) is 6.87.